The summed E-state index contributed by atoms with van der Waals surface area (Å²) in [4.78, 5) is 24.2. The van der Waals surface area contributed by atoms with E-state index in [9.17, 15) is 40.3 Å². The molecule has 0 aromatic rings. The summed E-state index contributed by atoms with van der Waals surface area (Å²) in [6.07, 6.45) is -4.89. The standard InChI is InChI=1S/C17H22F7NO4S/c1-10(2)12(26)29-15(16(20,21)22,13(27)25-11-6-4-3-5-7-11)28-9-8-14(18,19)17(23,24)30/h11,30H,1,3-9H2,2H3,(H,25,27). The highest BCUT2D eigenvalue weighted by atomic mass is 32.1. The number of rotatable bonds is 9. The van der Waals surface area contributed by atoms with Gasteiger partial charge < -0.3 is 14.8 Å². The maximum atomic E-state index is 13.8. The van der Waals surface area contributed by atoms with Crippen molar-refractivity contribution < 1.29 is 49.8 Å². The largest absolute Gasteiger partial charge is 0.466 e. The Morgan fingerprint density at radius 2 is 1.60 bits per heavy atom. The molecular formula is C17H22F7NO4S. The fraction of sp³-hybridized carbons (Fsp3) is 0.765. The number of nitrogens with one attached hydrogen (secondary N) is 1. The molecule has 5 nitrogen and oxygen atoms in total. The van der Waals surface area contributed by atoms with Crippen LogP contribution in [0.5, 0.6) is 0 Å². The monoisotopic (exact) mass is 469 g/mol. The number of hydrogen-bond acceptors (Lipinski definition) is 5. The molecule has 1 saturated carbocycles. The van der Waals surface area contributed by atoms with Gasteiger partial charge in [0.15, 0.2) is 0 Å². The predicted molar refractivity (Wildman–Crippen MR) is 94.2 cm³/mol. The van der Waals surface area contributed by atoms with Gasteiger partial charge in [-0.1, -0.05) is 38.5 Å². The second-order valence-corrected chi connectivity index (χ2v) is 7.50. The van der Waals surface area contributed by atoms with Gasteiger partial charge in [0.25, 0.3) is 0 Å². The van der Waals surface area contributed by atoms with Crippen molar-refractivity contribution in [2.75, 3.05) is 6.61 Å². The highest BCUT2D eigenvalue weighted by molar-refractivity contribution is 7.81. The minimum atomic E-state index is -5.71. The molecule has 1 unspecified atom stereocenters. The maximum Gasteiger partial charge on any atom is 0.466 e. The van der Waals surface area contributed by atoms with Crippen LogP contribution in [0.3, 0.4) is 0 Å². The fourth-order valence-corrected chi connectivity index (χ4v) is 2.74. The Kier molecular flexibility index (Phi) is 8.63. The lowest BCUT2D eigenvalue weighted by Gasteiger charge is -2.35. The zero-order valence-electron chi connectivity index (χ0n) is 16.0. The quantitative estimate of drug-likeness (QED) is 0.173. The number of thiol groups is 1. The lowest BCUT2D eigenvalue weighted by molar-refractivity contribution is -0.349. The van der Waals surface area contributed by atoms with Crippen LogP contribution in [-0.4, -0.2) is 47.7 Å². The van der Waals surface area contributed by atoms with Crippen molar-refractivity contribution in [1.29, 1.82) is 0 Å². The van der Waals surface area contributed by atoms with Crippen molar-refractivity contribution in [3.8, 4) is 0 Å². The molecule has 0 saturated heterocycles. The predicted octanol–water partition coefficient (Wildman–Crippen LogP) is 4.38. The third kappa shape index (κ3) is 6.50. The van der Waals surface area contributed by atoms with E-state index in [1.165, 1.54) is 0 Å². The van der Waals surface area contributed by atoms with Gasteiger partial charge in [-0.05, 0) is 19.8 Å². The number of alkyl halides is 7. The van der Waals surface area contributed by atoms with E-state index >= 15 is 0 Å². The number of carbonyl (C=O) groups excluding carboxylic acids is 2. The first-order valence-corrected chi connectivity index (χ1v) is 9.37. The van der Waals surface area contributed by atoms with E-state index in [4.69, 9.17) is 0 Å². The molecule has 1 aliphatic carbocycles. The molecule has 1 amide bonds. The van der Waals surface area contributed by atoms with Gasteiger partial charge in [-0.2, -0.15) is 30.7 Å². The number of esters is 1. The number of hydrogen-bond donors (Lipinski definition) is 2. The first kappa shape index (κ1) is 26.5. The average Bonchev–Trinajstić information content (AvgIpc) is 2.59. The van der Waals surface area contributed by atoms with E-state index in [-0.39, 0.29) is 0 Å². The third-order valence-electron chi connectivity index (χ3n) is 4.36. The highest BCUT2D eigenvalue weighted by Gasteiger charge is 2.67. The van der Waals surface area contributed by atoms with E-state index in [1.54, 1.807) is 0 Å². The summed E-state index contributed by atoms with van der Waals surface area (Å²) >= 11 is 2.41. The molecule has 13 heteroatoms. The fourth-order valence-electron chi connectivity index (χ4n) is 2.63. The van der Waals surface area contributed by atoms with Crippen molar-refractivity contribution in [2.45, 2.75) is 74.6 Å². The number of ether oxygens (including phenoxy) is 2. The van der Waals surface area contributed by atoms with Crippen molar-refractivity contribution in [1.82, 2.24) is 5.32 Å². The van der Waals surface area contributed by atoms with Crippen LogP contribution < -0.4 is 5.32 Å². The van der Waals surface area contributed by atoms with Crippen molar-refractivity contribution in [3.63, 3.8) is 0 Å². The summed E-state index contributed by atoms with van der Waals surface area (Å²) in [7, 11) is 0. The first-order chi connectivity index (χ1) is 13.5. The molecule has 1 N–H and O–H groups in total. The van der Waals surface area contributed by atoms with Crippen molar-refractivity contribution in [2.24, 2.45) is 0 Å². The van der Waals surface area contributed by atoms with Gasteiger partial charge in [-0.25, -0.2) is 4.79 Å². The molecular weight excluding hydrogens is 447 g/mol. The van der Waals surface area contributed by atoms with Crippen LogP contribution in [0, 0.1) is 0 Å². The van der Waals surface area contributed by atoms with E-state index in [1.807, 2.05) is 5.32 Å². The smallest absolute Gasteiger partial charge is 0.412 e. The zero-order chi connectivity index (χ0) is 23.4. The first-order valence-electron chi connectivity index (χ1n) is 8.92. The molecule has 1 rings (SSSR count). The van der Waals surface area contributed by atoms with Crippen LogP contribution in [0.1, 0.15) is 45.4 Å². The minimum Gasteiger partial charge on any atom is -0.412 e. The normalized spacial score (nSPS) is 18.4. The number of carbonyl (C=O) groups is 2. The second-order valence-electron chi connectivity index (χ2n) is 6.94. The molecule has 0 bridgehead atoms. The van der Waals surface area contributed by atoms with Gasteiger partial charge in [-0.15, -0.1) is 0 Å². The minimum absolute atomic E-state index is 0.345. The Bertz CT molecular complexity index is 645. The van der Waals surface area contributed by atoms with Gasteiger partial charge in [0.05, 0.1) is 6.61 Å². The lowest BCUT2D eigenvalue weighted by Crippen LogP contribution is -2.63. The van der Waals surface area contributed by atoms with Crippen LogP contribution in [0.4, 0.5) is 30.7 Å². The molecule has 0 radical (unpaired) electrons. The summed E-state index contributed by atoms with van der Waals surface area (Å²) in [5, 5.41) is -2.80. The molecule has 174 valence electrons. The van der Waals surface area contributed by atoms with Crippen LogP contribution >= 0.6 is 12.6 Å². The summed E-state index contributed by atoms with van der Waals surface area (Å²) in [5.41, 5.74) is -0.537. The molecule has 0 aromatic heterocycles. The summed E-state index contributed by atoms with van der Waals surface area (Å²) in [6, 6.07) is -0.691. The molecule has 0 aromatic carbocycles. The van der Waals surface area contributed by atoms with Gasteiger partial charge >= 0.3 is 35.0 Å². The SMILES string of the molecule is C=C(C)C(=O)OC(OCCC(F)(F)C(F)(F)S)(C(=O)NC1CCCCC1)C(F)(F)F. The number of amides is 1. The Morgan fingerprint density at radius 3 is 2.03 bits per heavy atom. The van der Waals surface area contributed by atoms with Gasteiger partial charge in [0.1, 0.15) is 0 Å². The maximum absolute atomic E-state index is 13.8. The molecule has 0 spiro atoms. The van der Waals surface area contributed by atoms with Gasteiger partial charge in [0, 0.05) is 18.0 Å². The second kappa shape index (κ2) is 9.75. The molecule has 30 heavy (non-hydrogen) atoms. The highest BCUT2D eigenvalue weighted by Crippen LogP contribution is 2.41. The molecule has 0 aliphatic heterocycles. The topological polar surface area (TPSA) is 64.6 Å². The molecule has 1 atom stereocenters. The van der Waals surface area contributed by atoms with Crippen molar-refractivity contribution in [3.05, 3.63) is 12.2 Å². The van der Waals surface area contributed by atoms with Crippen LogP contribution in [-0.2, 0) is 19.1 Å². The Labute approximate surface area is 173 Å². The number of halogens is 7. The van der Waals surface area contributed by atoms with Gasteiger partial charge in [-0.3, -0.25) is 4.79 Å². The van der Waals surface area contributed by atoms with Crippen LogP contribution in [0.2, 0.25) is 0 Å². The van der Waals surface area contributed by atoms with E-state index < -0.39 is 59.7 Å². The Balaban J connectivity index is 3.17. The molecule has 0 heterocycles. The van der Waals surface area contributed by atoms with Gasteiger partial charge in [0.2, 0.25) is 0 Å². The van der Waals surface area contributed by atoms with E-state index in [0.717, 1.165) is 13.3 Å². The van der Waals surface area contributed by atoms with Crippen LogP contribution in [0.25, 0.3) is 0 Å². The molecule has 1 aliphatic rings. The Hall–Kier alpha value is -1.50. The van der Waals surface area contributed by atoms with Crippen molar-refractivity contribution >= 4 is 24.5 Å². The van der Waals surface area contributed by atoms with E-state index in [0.29, 0.717) is 25.7 Å². The van der Waals surface area contributed by atoms with E-state index in [2.05, 4.69) is 28.7 Å². The lowest BCUT2D eigenvalue weighted by atomic mass is 9.95. The zero-order valence-corrected chi connectivity index (χ0v) is 16.9. The third-order valence-corrected chi connectivity index (χ3v) is 4.69. The summed E-state index contributed by atoms with van der Waals surface area (Å²) in [5.74, 6) is -12.8. The molecule has 1 fully saturated rings. The summed E-state index contributed by atoms with van der Waals surface area (Å²) < 4.78 is 102. The average molecular weight is 469 g/mol. The Morgan fingerprint density at radius 1 is 1.07 bits per heavy atom. The summed E-state index contributed by atoms with van der Waals surface area (Å²) in [6.45, 7) is 2.38. The van der Waals surface area contributed by atoms with Crippen LogP contribution in [0.15, 0.2) is 12.2 Å².